The van der Waals surface area contributed by atoms with Crippen molar-refractivity contribution in [2.45, 2.75) is 11.1 Å². The summed E-state index contributed by atoms with van der Waals surface area (Å²) in [6.45, 7) is 0. The van der Waals surface area contributed by atoms with Crippen molar-refractivity contribution in [2.75, 3.05) is 31.0 Å². The first-order valence-electron chi connectivity index (χ1n) is 8.00. The molecule has 1 atom stereocenters. The number of H-pyrrole nitrogens is 1. The van der Waals surface area contributed by atoms with Crippen LogP contribution in [-0.4, -0.2) is 34.6 Å². The average Bonchev–Trinajstić information content (AvgIpc) is 3.04. The van der Waals surface area contributed by atoms with E-state index in [4.69, 9.17) is 9.52 Å². The molecule has 0 aliphatic heterocycles. The second kappa shape index (κ2) is 6.89. The molecule has 0 spiro atoms. The van der Waals surface area contributed by atoms with Gasteiger partial charge >= 0.3 is 6.18 Å². The summed E-state index contributed by atoms with van der Waals surface area (Å²) in [4.78, 5) is 7.05. The number of alkyl halides is 3. The van der Waals surface area contributed by atoms with Gasteiger partial charge < -0.3 is 20.4 Å². The van der Waals surface area contributed by atoms with Crippen molar-refractivity contribution in [3.8, 4) is 5.75 Å². The van der Waals surface area contributed by atoms with E-state index in [2.05, 4.69) is 20.6 Å². The lowest BCUT2D eigenvalue weighted by Gasteiger charge is -2.14. The summed E-state index contributed by atoms with van der Waals surface area (Å²) in [6.07, 6.45) is -2.33. The van der Waals surface area contributed by atoms with Crippen molar-refractivity contribution in [1.82, 2.24) is 9.97 Å². The molecule has 1 unspecified atom stereocenters. The van der Waals surface area contributed by atoms with Crippen LogP contribution in [0.5, 0.6) is 5.75 Å². The average molecular weight is 413 g/mol. The molecule has 150 valence electrons. The van der Waals surface area contributed by atoms with Crippen LogP contribution in [0.1, 0.15) is 5.56 Å². The van der Waals surface area contributed by atoms with Crippen molar-refractivity contribution in [3.05, 3.63) is 36.0 Å². The van der Waals surface area contributed by atoms with Gasteiger partial charge in [0.15, 0.2) is 0 Å². The fourth-order valence-electron chi connectivity index (χ4n) is 2.77. The van der Waals surface area contributed by atoms with Gasteiger partial charge in [-0.1, -0.05) is 0 Å². The van der Waals surface area contributed by atoms with Crippen LogP contribution in [0, 0.1) is 4.78 Å². The van der Waals surface area contributed by atoms with E-state index in [0.717, 1.165) is 6.20 Å². The maximum atomic E-state index is 13.2. The first kappa shape index (κ1) is 19.8. The number of nitrogens with one attached hydrogen (secondary N) is 4. The SMILES string of the molecule is CNc1cc(Nc2ccc(S(C)(=N)=O)cc2OC)nc2[nH]cc(C(F)(F)F)c12. The summed E-state index contributed by atoms with van der Waals surface area (Å²) in [6, 6.07) is 6.03. The number of methoxy groups -OCH3 is 1. The van der Waals surface area contributed by atoms with Gasteiger partial charge in [0.05, 0.1) is 38.4 Å². The summed E-state index contributed by atoms with van der Waals surface area (Å²) < 4.78 is 64.5. The summed E-state index contributed by atoms with van der Waals surface area (Å²) >= 11 is 0. The highest BCUT2D eigenvalue weighted by atomic mass is 32.2. The highest BCUT2D eigenvalue weighted by molar-refractivity contribution is 7.91. The second-order valence-corrected chi connectivity index (χ2v) is 8.22. The third-order valence-corrected chi connectivity index (χ3v) is 5.26. The van der Waals surface area contributed by atoms with Gasteiger partial charge in [0.1, 0.15) is 17.2 Å². The Morgan fingerprint density at radius 1 is 1.25 bits per heavy atom. The number of hydrogen-bond acceptors (Lipinski definition) is 6. The fraction of sp³-hybridized carbons (Fsp3) is 0.235. The maximum Gasteiger partial charge on any atom is 0.418 e. The summed E-state index contributed by atoms with van der Waals surface area (Å²) in [5.74, 6) is 0.608. The zero-order valence-electron chi connectivity index (χ0n) is 15.2. The highest BCUT2D eigenvalue weighted by Crippen LogP contribution is 2.39. The minimum Gasteiger partial charge on any atom is -0.495 e. The number of ether oxygens (including phenoxy) is 1. The minimum absolute atomic E-state index is 0.0530. The van der Waals surface area contributed by atoms with E-state index < -0.39 is 21.5 Å². The minimum atomic E-state index is -4.51. The predicted octanol–water partition coefficient (Wildman–Crippen LogP) is 4.41. The van der Waals surface area contributed by atoms with Crippen LogP contribution < -0.4 is 15.4 Å². The van der Waals surface area contributed by atoms with Crippen molar-refractivity contribution in [2.24, 2.45) is 0 Å². The molecule has 0 aliphatic carbocycles. The summed E-state index contributed by atoms with van der Waals surface area (Å²) in [5, 5.41) is 5.69. The van der Waals surface area contributed by atoms with Gasteiger partial charge in [-0.05, 0) is 18.2 Å². The Hall–Kier alpha value is -2.95. The monoisotopic (exact) mass is 413 g/mol. The van der Waals surface area contributed by atoms with E-state index in [-0.39, 0.29) is 22.5 Å². The Labute approximate surface area is 159 Å². The van der Waals surface area contributed by atoms with E-state index in [9.17, 15) is 17.4 Å². The number of benzene rings is 1. The molecule has 0 saturated carbocycles. The number of nitrogens with zero attached hydrogens (tertiary/aromatic N) is 1. The van der Waals surface area contributed by atoms with Gasteiger partial charge in [-0.2, -0.15) is 13.2 Å². The molecule has 3 rings (SSSR count). The molecule has 1 aromatic carbocycles. The molecular weight excluding hydrogens is 395 g/mol. The van der Waals surface area contributed by atoms with E-state index in [1.165, 1.54) is 38.6 Å². The number of rotatable bonds is 5. The van der Waals surface area contributed by atoms with E-state index in [0.29, 0.717) is 16.3 Å². The number of aromatic nitrogens is 2. The second-order valence-electron chi connectivity index (χ2n) is 6.06. The van der Waals surface area contributed by atoms with Gasteiger partial charge in [0, 0.05) is 31.3 Å². The quantitative estimate of drug-likeness (QED) is 0.496. The lowest BCUT2D eigenvalue weighted by molar-refractivity contribution is -0.136. The van der Waals surface area contributed by atoms with Crippen molar-refractivity contribution >= 4 is 38.0 Å². The van der Waals surface area contributed by atoms with Gasteiger partial charge in [-0.25, -0.2) is 14.0 Å². The van der Waals surface area contributed by atoms with E-state index >= 15 is 0 Å². The van der Waals surface area contributed by atoms with Crippen molar-refractivity contribution in [3.63, 3.8) is 0 Å². The van der Waals surface area contributed by atoms with Crippen molar-refractivity contribution in [1.29, 1.82) is 4.78 Å². The molecule has 2 aromatic heterocycles. The first-order valence-corrected chi connectivity index (χ1v) is 9.97. The van der Waals surface area contributed by atoms with Crippen molar-refractivity contribution < 1.29 is 22.1 Å². The molecule has 28 heavy (non-hydrogen) atoms. The Bertz CT molecular complexity index is 1140. The van der Waals surface area contributed by atoms with Gasteiger partial charge in [-0.3, -0.25) is 0 Å². The molecule has 0 bridgehead atoms. The number of aromatic amines is 1. The lowest BCUT2D eigenvalue weighted by Crippen LogP contribution is -2.05. The van der Waals surface area contributed by atoms with Gasteiger partial charge in [-0.15, -0.1) is 0 Å². The number of fused-ring (bicyclic) bond motifs is 1. The summed E-state index contributed by atoms with van der Waals surface area (Å²) in [5.41, 5.74) is -0.0215. The Morgan fingerprint density at radius 2 is 1.96 bits per heavy atom. The van der Waals surface area contributed by atoms with Crippen LogP contribution >= 0.6 is 0 Å². The van der Waals surface area contributed by atoms with Crippen LogP contribution in [0.2, 0.25) is 0 Å². The first-order chi connectivity index (χ1) is 13.0. The third kappa shape index (κ3) is 3.70. The Morgan fingerprint density at radius 3 is 2.54 bits per heavy atom. The Kier molecular flexibility index (Phi) is 4.88. The molecule has 2 heterocycles. The molecule has 7 nitrogen and oxygen atoms in total. The van der Waals surface area contributed by atoms with Crippen LogP contribution in [0.25, 0.3) is 11.0 Å². The Balaban J connectivity index is 2.06. The number of halogens is 3. The van der Waals surface area contributed by atoms with Gasteiger partial charge in [0.25, 0.3) is 0 Å². The molecule has 0 saturated heterocycles. The molecule has 3 aromatic rings. The molecule has 0 amide bonds. The molecule has 11 heteroatoms. The largest absolute Gasteiger partial charge is 0.495 e. The molecular formula is C17H18F3N5O2S. The number of hydrogen-bond donors (Lipinski definition) is 4. The smallest absolute Gasteiger partial charge is 0.418 e. The predicted molar refractivity (Wildman–Crippen MR) is 102 cm³/mol. The van der Waals surface area contributed by atoms with Gasteiger partial charge in [0.2, 0.25) is 0 Å². The van der Waals surface area contributed by atoms with Crippen LogP contribution in [-0.2, 0) is 15.9 Å². The third-order valence-electron chi connectivity index (χ3n) is 4.10. The summed E-state index contributed by atoms with van der Waals surface area (Å²) in [7, 11) is 0.0189. The normalized spacial score (nSPS) is 13.9. The molecule has 4 N–H and O–H groups in total. The standard InChI is InChI=1S/C17H18F3N5O2S/c1-22-12-7-14(25-16-15(12)10(8-23-16)17(18,19)20)24-11-5-4-9(28(3,21)26)6-13(11)27-2/h4-8,21H,1-3H3,(H3,22,23,24,25). The highest BCUT2D eigenvalue weighted by Gasteiger charge is 2.35. The number of pyridine rings is 1. The molecule has 0 radical (unpaired) electrons. The molecule has 0 fully saturated rings. The topological polar surface area (TPSA) is 103 Å². The fourth-order valence-corrected chi connectivity index (χ4v) is 3.43. The van der Waals surface area contributed by atoms with E-state index in [1.54, 1.807) is 6.07 Å². The zero-order chi connectivity index (χ0) is 20.7. The van der Waals surface area contributed by atoms with E-state index in [1.807, 2.05) is 0 Å². The van der Waals surface area contributed by atoms with Crippen LogP contribution in [0.15, 0.2) is 35.4 Å². The van der Waals surface area contributed by atoms with Crippen LogP contribution in [0.3, 0.4) is 0 Å². The zero-order valence-corrected chi connectivity index (χ0v) is 16.0. The lowest BCUT2D eigenvalue weighted by atomic mass is 10.1. The molecule has 0 aliphatic rings. The maximum absolute atomic E-state index is 13.2. The van der Waals surface area contributed by atoms with Crippen LogP contribution in [0.4, 0.5) is 30.4 Å². The number of anilines is 3.